The topological polar surface area (TPSA) is 20.2 Å². The largest absolute Gasteiger partial charge is 0.390 e. The molecule has 1 nitrogen and oxygen atoms in total. The first-order valence-corrected chi connectivity index (χ1v) is 7.51. The fraction of sp³-hybridized carbons (Fsp3) is 0.875. The monoisotopic (exact) mass is 242 g/mol. The van der Waals surface area contributed by atoms with Crippen LogP contribution >= 0.6 is 0 Å². The molecule has 0 radical (unpaired) electrons. The summed E-state index contributed by atoms with van der Waals surface area (Å²) >= 11 is 0. The minimum Gasteiger partial charge on any atom is -0.390 e. The van der Waals surface area contributed by atoms with E-state index in [2.05, 4.69) is 20.4 Å². The number of hydrogen-bond acceptors (Lipinski definition) is 1. The van der Waals surface area contributed by atoms with E-state index in [0.717, 1.165) is 19.3 Å². The van der Waals surface area contributed by atoms with E-state index in [0.29, 0.717) is 0 Å². The molecule has 0 aromatic rings. The third-order valence-corrected chi connectivity index (χ3v) is 3.02. The van der Waals surface area contributed by atoms with Crippen molar-refractivity contribution in [3.05, 3.63) is 12.7 Å². The van der Waals surface area contributed by atoms with Crippen LogP contribution in [0.5, 0.6) is 0 Å². The van der Waals surface area contributed by atoms with Gasteiger partial charge in [0.05, 0.1) is 5.60 Å². The van der Waals surface area contributed by atoms with Gasteiger partial charge in [-0.1, -0.05) is 72.3 Å². The molecule has 0 aliphatic heterocycles. The quantitative estimate of drug-likeness (QED) is 0.647. The first-order valence-electron chi connectivity index (χ1n) is 7.51. The van der Waals surface area contributed by atoms with Gasteiger partial charge >= 0.3 is 0 Å². The Morgan fingerprint density at radius 3 is 1.82 bits per heavy atom. The summed E-state index contributed by atoms with van der Waals surface area (Å²) in [5.74, 6) is 0. The smallest absolute Gasteiger partial charge is 0.0682 e. The maximum atomic E-state index is 9.80. The van der Waals surface area contributed by atoms with Crippen LogP contribution in [0, 0.1) is 0 Å². The van der Waals surface area contributed by atoms with Crippen molar-refractivity contribution in [1.29, 1.82) is 0 Å². The van der Waals surface area contributed by atoms with Gasteiger partial charge in [-0.05, 0) is 19.3 Å². The molecular formula is C16H34O. The molecule has 0 unspecified atom stereocenters. The lowest BCUT2D eigenvalue weighted by Crippen LogP contribution is -2.30. The van der Waals surface area contributed by atoms with Crippen molar-refractivity contribution < 1.29 is 5.11 Å². The van der Waals surface area contributed by atoms with Gasteiger partial charge in [0, 0.05) is 0 Å². The SMILES string of the molecule is C=CCC1(O)CCCCC1.CC.CCCCC. The maximum absolute atomic E-state index is 9.80. The lowest BCUT2D eigenvalue weighted by Gasteiger charge is -2.30. The van der Waals surface area contributed by atoms with E-state index >= 15 is 0 Å². The number of aliphatic hydroxyl groups is 1. The summed E-state index contributed by atoms with van der Waals surface area (Å²) < 4.78 is 0. The van der Waals surface area contributed by atoms with Crippen LogP contribution in [0.15, 0.2) is 12.7 Å². The molecule has 1 aliphatic rings. The molecule has 0 saturated heterocycles. The van der Waals surface area contributed by atoms with Crippen LogP contribution in [-0.2, 0) is 0 Å². The lowest BCUT2D eigenvalue weighted by molar-refractivity contribution is 0.00703. The summed E-state index contributed by atoms with van der Waals surface area (Å²) in [6, 6.07) is 0. The summed E-state index contributed by atoms with van der Waals surface area (Å²) in [5.41, 5.74) is -0.389. The van der Waals surface area contributed by atoms with Crippen LogP contribution in [0.4, 0.5) is 0 Å². The average Bonchev–Trinajstić information content (AvgIpc) is 2.34. The Kier molecular flexibility index (Phi) is 15.4. The van der Waals surface area contributed by atoms with Crippen molar-refractivity contribution in [3.63, 3.8) is 0 Å². The summed E-state index contributed by atoms with van der Waals surface area (Å²) in [6.07, 6.45) is 12.3. The van der Waals surface area contributed by atoms with Crippen molar-refractivity contribution in [3.8, 4) is 0 Å². The Morgan fingerprint density at radius 2 is 1.53 bits per heavy atom. The minimum absolute atomic E-state index is 0.389. The Labute approximate surface area is 109 Å². The second kappa shape index (κ2) is 13.8. The molecule has 0 aromatic heterocycles. The third-order valence-electron chi connectivity index (χ3n) is 3.02. The molecule has 1 saturated carbocycles. The van der Waals surface area contributed by atoms with Gasteiger partial charge in [0.1, 0.15) is 0 Å². The molecule has 0 heterocycles. The molecular weight excluding hydrogens is 208 g/mol. The van der Waals surface area contributed by atoms with E-state index in [1.807, 2.05) is 19.9 Å². The highest BCUT2D eigenvalue weighted by molar-refractivity contribution is 4.88. The summed E-state index contributed by atoms with van der Waals surface area (Å²) in [7, 11) is 0. The fourth-order valence-electron chi connectivity index (χ4n) is 2.04. The van der Waals surface area contributed by atoms with Crippen LogP contribution in [-0.4, -0.2) is 10.7 Å². The van der Waals surface area contributed by atoms with Gasteiger partial charge in [-0.2, -0.15) is 0 Å². The lowest BCUT2D eigenvalue weighted by atomic mass is 9.83. The van der Waals surface area contributed by atoms with Crippen LogP contribution in [0.1, 0.15) is 85.5 Å². The third kappa shape index (κ3) is 12.0. The summed E-state index contributed by atoms with van der Waals surface area (Å²) in [5, 5.41) is 9.80. The Morgan fingerprint density at radius 1 is 1.06 bits per heavy atom. The van der Waals surface area contributed by atoms with Crippen LogP contribution < -0.4 is 0 Å². The molecule has 0 aromatic carbocycles. The Bertz CT molecular complexity index is 144. The van der Waals surface area contributed by atoms with Gasteiger partial charge in [-0.3, -0.25) is 0 Å². The normalized spacial score (nSPS) is 17.0. The second-order valence-electron chi connectivity index (χ2n) is 4.63. The molecule has 1 aliphatic carbocycles. The van der Waals surface area contributed by atoms with Crippen molar-refractivity contribution in [2.75, 3.05) is 0 Å². The summed E-state index contributed by atoms with van der Waals surface area (Å²) in [6.45, 7) is 12.1. The molecule has 17 heavy (non-hydrogen) atoms. The van der Waals surface area contributed by atoms with E-state index < -0.39 is 0 Å². The molecule has 1 heteroatoms. The predicted molar refractivity (Wildman–Crippen MR) is 79.4 cm³/mol. The van der Waals surface area contributed by atoms with Gasteiger partial charge in [0.15, 0.2) is 0 Å². The van der Waals surface area contributed by atoms with E-state index in [-0.39, 0.29) is 5.60 Å². The van der Waals surface area contributed by atoms with E-state index in [1.54, 1.807) is 0 Å². The molecule has 1 fully saturated rings. The standard InChI is InChI=1S/C9H16O.C5H12.C2H6/c1-2-6-9(10)7-4-3-5-8-9;1-3-5-4-2;1-2/h2,10H,1,3-8H2;3-5H2,1-2H3;1-2H3. The molecule has 1 rings (SSSR count). The zero-order valence-corrected chi connectivity index (χ0v) is 12.6. The van der Waals surface area contributed by atoms with Gasteiger partial charge in [0.25, 0.3) is 0 Å². The number of rotatable bonds is 4. The van der Waals surface area contributed by atoms with Crippen LogP contribution in [0.2, 0.25) is 0 Å². The Hall–Kier alpha value is -0.300. The summed E-state index contributed by atoms with van der Waals surface area (Å²) in [4.78, 5) is 0. The van der Waals surface area contributed by atoms with Crippen LogP contribution in [0.25, 0.3) is 0 Å². The average molecular weight is 242 g/mol. The highest BCUT2D eigenvalue weighted by Crippen LogP contribution is 2.30. The number of hydrogen-bond donors (Lipinski definition) is 1. The maximum Gasteiger partial charge on any atom is 0.0682 e. The van der Waals surface area contributed by atoms with Crippen molar-refractivity contribution >= 4 is 0 Å². The molecule has 0 bridgehead atoms. The molecule has 0 spiro atoms. The molecule has 1 N–H and O–H groups in total. The number of unbranched alkanes of at least 4 members (excludes halogenated alkanes) is 2. The second-order valence-corrected chi connectivity index (χ2v) is 4.63. The van der Waals surface area contributed by atoms with Gasteiger partial charge in [-0.25, -0.2) is 0 Å². The fourth-order valence-corrected chi connectivity index (χ4v) is 2.04. The first-order chi connectivity index (χ1) is 8.18. The van der Waals surface area contributed by atoms with Crippen molar-refractivity contribution in [2.24, 2.45) is 0 Å². The zero-order chi connectivity index (χ0) is 13.6. The first kappa shape index (κ1) is 19.0. The van der Waals surface area contributed by atoms with Crippen molar-refractivity contribution in [1.82, 2.24) is 0 Å². The zero-order valence-electron chi connectivity index (χ0n) is 12.6. The molecule has 0 atom stereocenters. The van der Waals surface area contributed by atoms with Gasteiger partial charge in [0.2, 0.25) is 0 Å². The minimum atomic E-state index is -0.389. The van der Waals surface area contributed by atoms with Gasteiger partial charge < -0.3 is 5.11 Å². The molecule has 104 valence electrons. The predicted octanol–water partition coefficient (Wildman–Crippen LogP) is 5.48. The highest BCUT2D eigenvalue weighted by Gasteiger charge is 2.26. The van der Waals surface area contributed by atoms with E-state index in [4.69, 9.17) is 0 Å². The van der Waals surface area contributed by atoms with E-state index in [1.165, 1.54) is 38.5 Å². The van der Waals surface area contributed by atoms with Gasteiger partial charge in [-0.15, -0.1) is 6.58 Å². The van der Waals surface area contributed by atoms with Crippen LogP contribution in [0.3, 0.4) is 0 Å². The molecule has 0 amide bonds. The highest BCUT2D eigenvalue weighted by atomic mass is 16.3. The van der Waals surface area contributed by atoms with Crippen molar-refractivity contribution in [2.45, 2.75) is 91.1 Å². The Balaban J connectivity index is 0. The van der Waals surface area contributed by atoms with E-state index in [9.17, 15) is 5.11 Å².